The summed E-state index contributed by atoms with van der Waals surface area (Å²) in [5, 5.41) is 12.0. The topological polar surface area (TPSA) is 109 Å². The van der Waals surface area contributed by atoms with Crippen molar-refractivity contribution in [3.63, 3.8) is 0 Å². The van der Waals surface area contributed by atoms with Crippen molar-refractivity contribution < 1.29 is 27.3 Å². The van der Waals surface area contributed by atoms with E-state index in [0.29, 0.717) is 11.3 Å². The van der Waals surface area contributed by atoms with Crippen molar-refractivity contribution >= 4 is 34.1 Å². The Kier molecular flexibility index (Phi) is 8.35. The number of nitriles is 1. The molecule has 2 aromatic carbocycles. The van der Waals surface area contributed by atoms with Gasteiger partial charge in [-0.3, -0.25) is 14.0 Å². The molecule has 1 aliphatic rings. The first-order valence-corrected chi connectivity index (χ1v) is 12.8. The Morgan fingerprint density at radius 3 is 2.56 bits per heavy atom. The third-order valence-electron chi connectivity index (χ3n) is 5.52. The molecule has 0 aromatic heterocycles. The number of alkyl carbamates (subject to hydrolysis) is 1. The van der Waals surface area contributed by atoms with Crippen LogP contribution in [0.2, 0.25) is 0 Å². The van der Waals surface area contributed by atoms with Gasteiger partial charge in [0.15, 0.2) is 0 Å². The number of hydrogen-bond donors (Lipinski definition) is 1. The van der Waals surface area contributed by atoms with E-state index in [4.69, 9.17) is 4.74 Å². The molecule has 0 saturated heterocycles. The molecule has 0 bridgehead atoms. The Morgan fingerprint density at radius 1 is 1.22 bits per heavy atom. The third-order valence-corrected chi connectivity index (χ3v) is 6.49. The van der Waals surface area contributed by atoms with E-state index < -0.39 is 40.9 Å². The number of ether oxygens (including phenoxy) is 1. The fourth-order valence-corrected chi connectivity index (χ4v) is 4.85. The number of aliphatic imine (C=N–C) groups is 1. The summed E-state index contributed by atoms with van der Waals surface area (Å²) >= 11 is 0. The maximum Gasteiger partial charge on any atom is 0.408 e. The van der Waals surface area contributed by atoms with Gasteiger partial charge in [-0.15, -0.1) is 0 Å². The van der Waals surface area contributed by atoms with Crippen molar-refractivity contribution in [2.75, 3.05) is 6.26 Å². The van der Waals surface area contributed by atoms with Crippen LogP contribution in [-0.4, -0.2) is 33.7 Å². The van der Waals surface area contributed by atoms with Crippen molar-refractivity contribution in [3.05, 3.63) is 59.2 Å². The van der Waals surface area contributed by atoms with E-state index in [9.17, 15) is 27.8 Å². The minimum Gasteiger partial charge on any atom is -0.444 e. The predicted molar refractivity (Wildman–Crippen MR) is 132 cm³/mol. The fraction of sp³-hybridized carbons (Fsp3) is 0.385. The molecule has 2 aromatic rings. The summed E-state index contributed by atoms with van der Waals surface area (Å²) in [6.07, 6.45) is -1.61. The maximum absolute atomic E-state index is 13.2. The third kappa shape index (κ3) is 6.61. The van der Waals surface area contributed by atoms with Gasteiger partial charge < -0.3 is 10.1 Å². The standard InChI is InChI=1S/C26H27F2N3O4S/c1-26(2,3)35-25(33)31-23(18-9-8-15(14-29)12-21(18)36(4)34)22-19(10-11-20(22)32)30-17-7-5-6-16(13-17)24(27)28/h5-9,12-13,22-24H,10-11H2,1-4H3,(H,31,33). The second-order valence-corrected chi connectivity index (χ2v) is 10.7. The number of alkyl halides is 2. The molecule has 0 radical (unpaired) electrons. The van der Waals surface area contributed by atoms with E-state index in [1.807, 2.05) is 6.07 Å². The van der Waals surface area contributed by atoms with Crippen LogP contribution in [-0.2, 0) is 20.3 Å². The quantitative estimate of drug-likeness (QED) is 0.543. The zero-order valence-electron chi connectivity index (χ0n) is 20.4. The molecular weight excluding hydrogens is 488 g/mol. The lowest BCUT2D eigenvalue weighted by atomic mass is 9.89. The lowest BCUT2D eigenvalue weighted by Crippen LogP contribution is -2.41. The molecule has 3 unspecified atom stereocenters. The maximum atomic E-state index is 13.2. The van der Waals surface area contributed by atoms with E-state index in [2.05, 4.69) is 10.3 Å². The molecular formula is C26H27F2N3O4S. The van der Waals surface area contributed by atoms with E-state index in [0.717, 1.165) is 0 Å². The van der Waals surface area contributed by atoms with Crippen LogP contribution in [0.3, 0.4) is 0 Å². The molecule has 190 valence electrons. The van der Waals surface area contributed by atoms with Gasteiger partial charge in [0.25, 0.3) is 6.43 Å². The number of benzene rings is 2. The Morgan fingerprint density at radius 2 is 1.94 bits per heavy atom. The molecule has 1 amide bonds. The van der Waals surface area contributed by atoms with E-state index in [1.54, 1.807) is 32.9 Å². The van der Waals surface area contributed by atoms with Crippen LogP contribution < -0.4 is 5.32 Å². The summed E-state index contributed by atoms with van der Waals surface area (Å²) in [7, 11) is -1.55. The zero-order valence-corrected chi connectivity index (χ0v) is 21.2. The highest BCUT2D eigenvalue weighted by Gasteiger charge is 2.41. The number of hydrogen-bond acceptors (Lipinski definition) is 6. The molecule has 0 spiro atoms. The Labute approximate surface area is 211 Å². The van der Waals surface area contributed by atoms with Gasteiger partial charge in [-0.2, -0.15) is 5.26 Å². The van der Waals surface area contributed by atoms with Crippen molar-refractivity contribution in [2.45, 2.75) is 56.6 Å². The van der Waals surface area contributed by atoms with Gasteiger partial charge in [-0.1, -0.05) is 18.2 Å². The predicted octanol–water partition coefficient (Wildman–Crippen LogP) is 5.55. The number of carbonyl (C=O) groups is 2. The summed E-state index contributed by atoms with van der Waals surface area (Å²) in [4.78, 5) is 30.7. The first kappa shape index (κ1) is 27.1. The number of rotatable bonds is 6. The average Bonchev–Trinajstić information content (AvgIpc) is 3.15. The first-order valence-electron chi connectivity index (χ1n) is 11.2. The summed E-state index contributed by atoms with van der Waals surface area (Å²) in [6, 6.07) is 11.1. The second-order valence-electron chi connectivity index (χ2n) is 9.39. The smallest absolute Gasteiger partial charge is 0.408 e. The van der Waals surface area contributed by atoms with E-state index in [1.165, 1.54) is 36.6 Å². The van der Waals surface area contributed by atoms with Crippen molar-refractivity contribution in [1.29, 1.82) is 5.26 Å². The van der Waals surface area contributed by atoms with Crippen LogP contribution in [0.4, 0.5) is 19.3 Å². The van der Waals surface area contributed by atoms with Gasteiger partial charge in [0.1, 0.15) is 11.4 Å². The fourth-order valence-electron chi connectivity index (χ4n) is 4.03. The lowest BCUT2D eigenvalue weighted by molar-refractivity contribution is -0.120. The Hall–Kier alpha value is -3.45. The SMILES string of the molecule is CS(=O)c1cc(C#N)ccc1C(NC(=O)OC(C)(C)C)C1C(=O)CCC1=Nc1cccc(C(F)F)c1. The number of halogens is 2. The van der Waals surface area contributed by atoms with Gasteiger partial charge >= 0.3 is 6.09 Å². The van der Waals surface area contributed by atoms with Crippen LogP contribution in [0.5, 0.6) is 0 Å². The van der Waals surface area contributed by atoms with Crippen molar-refractivity contribution in [1.82, 2.24) is 5.32 Å². The molecule has 3 atom stereocenters. The van der Waals surface area contributed by atoms with Crippen molar-refractivity contribution in [3.8, 4) is 6.07 Å². The summed E-state index contributed by atoms with van der Waals surface area (Å²) in [6.45, 7) is 5.08. The molecule has 3 rings (SSSR count). The molecule has 0 heterocycles. The minimum absolute atomic E-state index is 0.144. The van der Waals surface area contributed by atoms with Crippen LogP contribution >= 0.6 is 0 Å². The molecule has 36 heavy (non-hydrogen) atoms. The summed E-state index contributed by atoms with van der Waals surface area (Å²) in [5.74, 6) is -1.15. The number of Topliss-reactive ketones (excluding diaryl/α,β-unsaturated/α-hetero) is 1. The monoisotopic (exact) mass is 515 g/mol. The number of nitrogens with one attached hydrogen (secondary N) is 1. The zero-order chi connectivity index (χ0) is 26.6. The van der Waals surface area contributed by atoms with Gasteiger partial charge in [0.05, 0.1) is 40.1 Å². The van der Waals surface area contributed by atoms with E-state index in [-0.39, 0.29) is 40.3 Å². The lowest BCUT2D eigenvalue weighted by Gasteiger charge is -2.28. The highest BCUT2D eigenvalue weighted by molar-refractivity contribution is 7.84. The number of nitrogens with zero attached hydrogens (tertiary/aromatic N) is 2. The Balaban J connectivity index is 2.13. The van der Waals surface area contributed by atoms with Gasteiger partial charge in [-0.05, 0) is 57.0 Å². The number of ketones is 1. The average molecular weight is 516 g/mol. The summed E-state index contributed by atoms with van der Waals surface area (Å²) in [5.41, 5.74) is 0.312. The van der Waals surface area contributed by atoms with Gasteiger partial charge in [0, 0.05) is 28.8 Å². The van der Waals surface area contributed by atoms with Crippen LogP contribution in [0, 0.1) is 17.2 Å². The molecule has 1 saturated carbocycles. The first-order chi connectivity index (χ1) is 16.9. The molecule has 1 aliphatic carbocycles. The van der Waals surface area contributed by atoms with Crippen molar-refractivity contribution in [2.24, 2.45) is 10.9 Å². The molecule has 1 N–H and O–H groups in total. The summed E-state index contributed by atoms with van der Waals surface area (Å²) < 4.78 is 44.4. The molecule has 10 heteroatoms. The van der Waals surface area contributed by atoms with Crippen LogP contribution in [0.1, 0.15) is 62.8 Å². The molecule has 1 fully saturated rings. The van der Waals surface area contributed by atoms with Gasteiger partial charge in [0.2, 0.25) is 0 Å². The minimum atomic E-state index is -2.67. The molecule has 0 aliphatic heterocycles. The second kappa shape index (κ2) is 11.1. The number of amides is 1. The number of carbonyl (C=O) groups excluding carboxylic acids is 2. The largest absolute Gasteiger partial charge is 0.444 e. The van der Waals surface area contributed by atoms with E-state index >= 15 is 0 Å². The normalized spacial score (nSPS) is 18.7. The Bertz CT molecular complexity index is 1260. The molecule has 7 nitrogen and oxygen atoms in total. The highest BCUT2D eigenvalue weighted by Crippen LogP contribution is 2.36. The highest BCUT2D eigenvalue weighted by atomic mass is 32.2. The van der Waals surface area contributed by atoms with Crippen LogP contribution in [0.15, 0.2) is 52.4 Å². The van der Waals surface area contributed by atoms with Crippen LogP contribution in [0.25, 0.3) is 0 Å². The van der Waals surface area contributed by atoms with Gasteiger partial charge in [-0.25, -0.2) is 13.6 Å².